The average Bonchev–Trinajstić information content (AvgIpc) is 2.97. The van der Waals surface area contributed by atoms with Gasteiger partial charge in [-0.2, -0.15) is 4.98 Å². The van der Waals surface area contributed by atoms with Crippen molar-refractivity contribution < 1.29 is 14.9 Å². The zero-order valence-electron chi connectivity index (χ0n) is 7.77. The predicted molar refractivity (Wildman–Crippen MR) is 42.3 cm³/mol. The maximum absolute atomic E-state index is 9.16. The highest BCUT2D eigenvalue weighted by Crippen LogP contribution is 2.16. The van der Waals surface area contributed by atoms with Crippen molar-refractivity contribution in [2.24, 2.45) is 0 Å². The first-order chi connectivity index (χ1) is 8.25. The lowest BCUT2D eigenvalue weighted by Gasteiger charge is -1.87. The highest BCUT2D eigenvalue weighted by atomic mass is 16.5. The molecule has 0 atom stereocenters. The molecule has 2 N–H and O–H groups in total. The molecular weight excluding hydrogens is 236 g/mol. The van der Waals surface area contributed by atoms with Crippen LogP contribution in [0.5, 0.6) is 0 Å². The Labute approximate surface area is 90.2 Å². The van der Waals surface area contributed by atoms with E-state index in [0.717, 1.165) is 0 Å². The van der Waals surface area contributed by atoms with E-state index < -0.39 is 0 Å². The first kappa shape index (κ1) is 9.13. The van der Waals surface area contributed by atoms with Gasteiger partial charge >= 0.3 is 5.89 Å². The molecule has 0 saturated carbocycles. The molecule has 0 saturated heterocycles. The minimum absolute atomic E-state index is 0.0875. The minimum atomic E-state index is -0.157. The lowest BCUT2D eigenvalue weighted by atomic mass is 10.5. The van der Waals surface area contributed by atoms with Gasteiger partial charge in [-0.25, -0.2) is 0 Å². The van der Waals surface area contributed by atoms with Crippen LogP contribution in [0.4, 0.5) is 0 Å². The molecule has 0 spiro atoms. The van der Waals surface area contributed by atoms with Crippen LogP contribution in [0.1, 0.15) is 0 Å². The van der Waals surface area contributed by atoms with Crippen LogP contribution in [-0.4, -0.2) is 61.3 Å². The molecule has 3 rings (SSSR count). The molecule has 0 aliphatic carbocycles. The Balaban J connectivity index is 2.05. The molecule has 0 aromatic carbocycles. The quantitative estimate of drug-likeness (QED) is 0.467. The molecule has 86 valence electrons. The smallest absolute Gasteiger partial charge is 0.301 e. The summed E-state index contributed by atoms with van der Waals surface area (Å²) in [6.45, 7) is 0. The Hall–Kier alpha value is -3.12. The topological polar surface area (TPSA) is 167 Å². The van der Waals surface area contributed by atoms with Gasteiger partial charge in [-0.05, 0) is 20.9 Å². The summed E-state index contributed by atoms with van der Waals surface area (Å²) in [5.74, 6) is -0.524. The van der Waals surface area contributed by atoms with E-state index in [0.29, 0.717) is 9.69 Å². The molecule has 3 aromatic rings. The molecule has 0 fully saturated rings. The van der Waals surface area contributed by atoms with Crippen LogP contribution in [0, 0.1) is 0 Å². The van der Waals surface area contributed by atoms with Crippen LogP contribution >= 0.6 is 0 Å². The second-order valence-corrected chi connectivity index (χ2v) is 2.71. The Morgan fingerprint density at radius 1 is 0.941 bits per heavy atom. The Morgan fingerprint density at radius 3 is 2.18 bits per heavy atom. The summed E-state index contributed by atoms with van der Waals surface area (Å²) in [5.41, 5.74) is 0. The van der Waals surface area contributed by atoms with Gasteiger partial charge in [0, 0.05) is 0 Å². The van der Waals surface area contributed by atoms with Crippen LogP contribution < -0.4 is 0 Å². The van der Waals surface area contributed by atoms with Gasteiger partial charge in [-0.15, -0.1) is 5.10 Å². The Bertz CT molecular complexity index is 597. The van der Waals surface area contributed by atoms with Crippen molar-refractivity contribution in [2.45, 2.75) is 0 Å². The number of nitrogens with zero attached hydrogens (tertiary/aromatic N) is 10. The fraction of sp³-hybridized carbons (Fsp3) is 0. The lowest BCUT2D eigenvalue weighted by molar-refractivity contribution is 0.145. The van der Waals surface area contributed by atoms with E-state index in [4.69, 9.17) is 14.9 Å². The second-order valence-electron chi connectivity index (χ2n) is 2.71. The number of aromatic nitrogens is 10. The summed E-state index contributed by atoms with van der Waals surface area (Å²) in [6.07, 6.45) is 0. The zero-order chi connectivity index (χ0) is 11.8. The summed E-state index contributed by atoms with van der Waals surface area (Å²) in [5, 5.41) is 41.4. The van der Waals surface area contributed by atoms with Gasteiger partial charge < -0.3 is 14.9 Å². The maximum atomic E-state index is 9.16. The number of hydrogen-bond acceptors (Lipinski definition) is 11. The largest absolute Gasteiger partial charge is 0.409 e. The molecule has 0 unspecified atom stereocenters. The monoisotopic (exact) mass is 238 g/mol. The van der Waals surface area contributed by atoms with E-state index in [2.05, 4.69) is 41.2 Å². The van der Waals surface area contributed by atoms with Gasteiger partial charge in [0.05, 0.1) is 0 Å². The Kier molecular flexibility index (Phi) is 1.71. The maximum Gasteiger partial charge on any atom is 0.301 e. The van der Waals surface area contributed by atoms with Gasteiger partial charge in [0.1, 0.15) is 0 Å². The Morgan fingerprint density at radius 2 is 1.59 bits per heavy atom. The fourth-order valence-corrected chi connectivity index (χ4v) is 1.03. The van der Waals surface area contributed by atoms with Crippen LogP contribution in [0.2, 0.25) is 0 Å². The molecule has 13 heteroatoms. The molecule has 3 heterocycles. The third-order valence-corrected chi connectivity index (χ3v) is 1.72. The molecule has 0 aliphatic heterocycles. The zero-order valence-corrected chi connectivity index (χ0v) is 7.77. The van der Waals surface area contributed by atoms with Gasteiger partial charge in [0.2, 0.25) is 5.82 Å². The van der Waals surface area contributed by atoms with E-state index in [9.17, 15) is 0 Å². The SMILES string of the molecule is On1nnnc1-c1noc(-c2nnnn2O)n1. The van der Waals surface area contributed by atoms with Crippen molar-refractivity contribution in [1.29, 1.82) is 0 Å². The summed E-state index contributed by atoms with van der Waals surface area (Å²) >= 11 is 0. The summed E-state index contributed by atoms with van der Waals surface area (Å²) in [4.78, 5) is 4.52. The van der Waals surface area contributed by atoms with Gasteiger partial charge in [0.15, 0.2) is 0 Å². The van der Waals surface area contributed by atoms with Crippen molar-refractivity contribution in [3.05, 3.63) is 0 Å². The van der Waals surface area contributed by atoms with E-state index >= 15 is 0 Å². The van der Waals surface area contributed by atoms with Gasteiger partial charge in [0.25, 0.3) is 11.6 Å². The molecule has 13 nitrogen and oxygen atoms in total. The third kappa shape index (κ3) is 1.33. The summed E-state index contributed by atoms with van der Waals surface area (Å²) in [7, 11) is 0. The number of hydrogen-bond donors (Lipinski definition) is 2. The first-order valence-electron chi connectivity index (χ1n) is 4.05. The number of rotatable bonds is 2. The van der Waals surface area contributed by atoms with Crippen molar-refractivity contribution in [3.8, 4) is 23.4 Å². The van der Waals surface area contributed by atoms with Crippen molar-refractivity contribution >= 4 is 0 Å². The second kappa shape index (κ2) is 3.19. The summed E-state index contributed by atoms with van der Waals surface area (Å²) < 4.78 is 4.76. The van der Waals surface area contributed by atoms with Crippen LogP contribution in [-0.2, 0) is 0 Å². The molecule has 17 heavy (non-hydrogen) atoms. The average molecular weight is 238 g/mol. The van der Waals surface area contributed by atoms with E-state index in [-0.39, 0.29) is 23.4 Å². The molecule has 0 aliphatic rings. The normalized spacial score (nSPS) is 10.8. The molecular formula is C4H2N10O3. The number of tetrazole rings is 2. The summed E-state index contributed by atoms with van der Waals surface area (Å²) in [6, 6.07) is 0. The molecule has 0 radical (unpaired) electrons. The fourth-order valence-electron chi connectivity index (χ4n) is 1.03. The van der Waals surface area contributed by atoms with Crippen LogP contribution in [0.15, 0.2) is 4.52 Å². The molecule has 3 aromatic heterocycles. The molecule has 0 bridgehead atoms. The third-order valence-electron chi connectivity index (χ3n) is 1.72. The minimum Gasteiger partial charge on any atom is -0.409 e. The highest BCUT2D eigenvalue weighted by molar-refractivity contribution is 5.47. The highest BCUT2D eigenvalue weighted by Gasteiger charge is 2.20. The van der Waals surface area contributed by atoms with Crippen molar-refractivity contribution in [1.82, 2.24) is 50.9 Å². The van der Waals surface area contributed by atoms with Crippen molar-refractivity contribution in [3.63, 3.8) is 0 Å². The van der Waals surface area contributed by atoms with Crippen molar-refractivity contribution in [2.75, 3.05) is 0 Å². The first-order valence-corrected chi connectivity index (χ1v) is 4.05. The molecule has 0 amide bonds. The van der Waals surface area contributed by atoms with Gasteiger partial charge in [-0.3, -0.25) is 0 Å². The standard InChI is InChI=1S/C4H2N10O3/c15-13-2(6-9-11-13)1-5-4(17-8-1)3-7-10-12-14(3)16/h15-16H. The van der Waals surface area contributed by atoms with Crippen LogP contribution in [0.25, 0.3) is 23.4 Å². The van der Waals surface area contributed by atoms with E-state index in [1.807, 2.05) is 0 Å². The lowest BCUT2D eigenvalue weighted by Crippen LogP contribution is -1.98. The van der Waals surface area contributed by atoms with E-state index in [1.54, 1.807) is 0 Å². The van der Waals surface area contributed by atoms with Crippen LogP contribution in [0.3, 0.4) is 0 Å². The van der Waals surface area contributed by atoms with Gasteiger partial charge in [-0.1, -0.05) is 19.9 Å². The predicted octanol–water partition coefficient (Wildman–Crippen LogP) is -2.15. The van der Waals surface area contributed by atoms with E-state index in [1.165, 1.54) is 0 Å².